The molecule has 2 heterocycles. The molecule has 1 aliphatic heterocycles. The van der Waals surface area contributed by atoms with Crippen LogP contribution in [0, 0.1) is 6.92 Å². The predicted molar refractivity (Wildman–Crippen MR) is 122 cm³/mol. The lowest BCUT2D eigenvalue weighted by Crippen LogP contribution is -2.43. The molecule has 9 nitrogen and oxygen atoms in total. The number of urea groups is 1. The van der Waals surface area contributed by atoms with E-state index in [1.165, 1.54) is 7.11 Å². The van der Waals surface area contributed by atoms with Crippen LogP contribution in [0.4, 0.5) is 10.5 Å². The first-order chi connectivity index (χ1) is 16.0. The zero-order chi connectivity index (χ0) is 23.5. The molecule has 3 aromatic rings. The van der Waals surface area contributed by atoms with Crippen LogP contribution in [0.3, 0.4) is 0 Å². The zero-order valence-corrected chi connectivity index (χ0v) is 19.0. The van der Waals surface area contributed by atoms with Gasteiger partial charge in [-0.1, -0.05) is 6.07 Å². The molecule has 172 valence electrons. The fraction of sp³-hybridized carbons (Fsp3) is 0.292. The maximum atomic E-state index is 13.5. The standard InChI is InChI=1S/C24H26N4O5/c1-14-5-6-15(23(29)33-4)11-19(14)27-24(30)28-10-9-18-21(26-13-25-18)22(28)17-12-16(31-2)7-8-20(17)32-3/h5-8,11-13,22H,9-10H2,1-4H3,(H,25,26)(H,27,30)/t22-/m0/s1. The summed E-state index contributed by atoms with van der Waals surface area (Å²) >= 11 is 0. The van der Waals surface area contributed by atoms with Crippen molar-refractivity contribution >= 4 is 17.7 Å². The summed E-state index contributed by atoms with van der Waals surface area (Å²) in [4.78, 5) is 34.9. The third kappa shape index (κ3) is 4.21. The van der Waals surface area contributed by atoms with E-state index in [0.717, 1.165) is 22.5 Å². The Kier molecular flexibility index (Phi) is 6.21. The molecule has 2 aromatic carbocycles. The fourth-order valence-electron chi connectivity index (χ4n) is 4.05. The van der Waals surface area contributed by atoms with Crippen molar-refractivity contribution in [3.8, 4) is 11.5 Å². The third-order valence-corrected chi connectivity index (χ3v) is 5.82. The molecule has 0 saturated heterocycles. The smallest absolute Gasteiger partial charge is 0.337 e. The molecule has 0 spiro atoms. The molecule has 9 heteroatoms. The lowest BCUT2D eigenvalue weighted by molar-refractivity contribution is 0.0600. The van der Waals surface area contributed by atoms with Gasteiger partial charge in [-0.15, -0.1) is 0 Å². The van der Waals surface area contributed by atoms with Crippen molar-refractivity contribution in [2.24, 2.45) is 0 Å². The Morgan fingerprint density at radius 3 is 2.67 bits per heavy atom. The largest absolute Gasteiger partial charge is 0.497 e. The number of carbonyl (C=O) groups is 2. The van der Waals surface area contributed by atoms with Gasteiger partial charge in [0.05, 0.1) is 38.9 Å². The van der Waals surface area contributed by atoms with Gasteiger partial charge in [-0.25, -0.2) is 14.6 Å². The minimum absolute atomic E-state index is 0.316. The summed E-state index contributed by atoms with van der Waals surface area (Å²) < 4.78 is 15.8. The van der Waals surface area contributed by atoms with Gasteiger partial charge in [0, 0.05) is 29.9 Å². The highest BCUT2D eigenvalue weighted by molar-refractivity contribution is 5.95. The Bertz CT molecular complexity index is 1190. The van der Waals surface area contributed by atoms with Crippen LogP contribution >= 0.6 is 0 Å². The first-order valence-corrected chi connectivity index (χ1v) is 10.5. The fourth-order valence-corrected chi connectivity index (χ4v) is 4.05. The van der Waals surface area contributed by atoms with Crippen LogP contribution < -0.4 is 14.8 Å². The number of methoxy groups -OCH3 is 3. The summed E-state index contributed by atoms with van der Waals surface area (Å²) in [6.07, 6.45) is 2.27. The van der Waals surface area contributed by atoms with E-state index in [9.17, 15) is 9.59 Å². The highest BCUT2D eigenvalue weighted by Crippen LogP contribution is 2.40. The lowest BCUT2D eigenvalue weighted by Gasteiger charge is -2.36. The van der Waals surface area contributed by atoms with Crippen molar-refractivity contribution < 1.29 is 23.8 Å². The van der Waals surface area contributed by atoms with Gasteiger partial charge in [0.15, 0.2) is 0 Å². The van der Waals surface area contributed by atoms with E-state index in [4.69, 9.17) is 14.2 Å². The average Bonchev–Trinajstić information content (AvgIpc) is 3.32. The highest BCUT2D eigenvalue weighted by Gasteiger charge is 2.36. The van der Waals surface area contributed by atoms with Gasteiger partial charge in [-0.3, -0.25) is 0 Å². The topological polar surface area (TPSA) is 106 Å². The van der Waals surface area contributed by atoms with E-state index in [1.807, 2.05) is 25.1 Å². The van der Waals surface area contributed by atoms with Crippen LogP contribution in [0.5, 0.6) is 11.5 Å². The van der Waals surface area contributed by atoms with Crippen LogP contribution in [0.15, 0.2) is 42.7 Å². The lowest BCUT2D eigenvalue weighted by atomic mass is 9.95. The van der Waals surface area contributed by atoms with Gasteiger partial charge in [-0.05, 0) is 42.8 Å². The number of amides is 2. The van der Waals surface area contributed by atoms with E-state index in [0.29, 0.717) is 35.7 Å². The van der Waals surface area contributed by atoms with Crippen molar-refractivity contribution in [1.29, 1.82) is 0 Å². The number of nitrogens with one attached hydrogen (secondary N) is 2. The number of aromatic amines is 1. The summed E-state index contributed by atoms with van der Waals surface area (Å²) in [7, 11) is 4.50. The Labute approximate surface area is 191 Å². The quantitative estimate of drug-likeness (QED) is 0.574. The van der Waals surface area contributed by atoms with Crippen LogP contribution in [0.2, 0.25) is 0 Å². The zero-order valence-electron chi connectivity index (χ0n) is 19.0. The first kappa shape index (κ1) is 22.2. The number of hydrogen-bond acceptors (Lipinski definition) is 6. The normalized spacial score (nSPS) is 14.9. The molecule has 0 saturated carbocycles. The highest BCUT2D eigenvalue weighted by atomic mass is 16.5. The molecule has 0 fully saturated rings. The van der Waals surface area contributed by atoms with Crippen molar-refractivity contribution in [3.05, 3.63) is 70.8 Å². The van der Waals surface area contributed by atoms with Crippen LogP contribution in [0.1, 0.15) is 38.9 Å². The van der Waals surface area contributed by atoms with E-state index < -0.39 is 12.0 Å². The number of benzene rings is 2. The van der Waals surface area contributed by atoms with Crippen molar-refractivity contribution in [2.75, 3.05) is 33.2 Å². The maximum absolute atomic E-state index is 13.5. The van der Waals surface area contributed by atoms with Crippen LogP contribution in [0.25, 0.3) is 0 Å². The molecule has 2 amide bonds. The predicted octanol–water partition coefficient (Wildman–Crippen LogP) is 3.70. The molecule has 33 heavy (non-hydrogen) atoms. The molecule has 1 aliphatic rings. The molecular formula is C24H26N4O5. The summed E-state index contributed by atoms with van der Waals surface area (Å²) in [6, 6.07) is 9.72. The third-order valence-electron chi connectivity index (χ3n) is 5.82. The number of nitrogens with zero attached hydrogens (tertiary/aromatic N) is 2. The summed E-state index contributed by atoms with van der Waals surface area (Å²) in [5.74, 6) is 0.803. The summed E-state index contributed by atoms with van der Waals surface area (Å²) in [5, 5.41) is 2.96. The SMILES string of the molecule is COC(=O)c1ccc(C)c(NC(=O)N2CCc3[nH]cnc3[C@@H]2c2cc(OC)ccc2OC)c1. The Morgan fingerprint density at radius 1 is 1.12 bits per heavy atom. The number of fused-ring (bicyclic) bond motifs is 1. The number of H-pyrrole nitrogens is 1. The summed E-state index contributed by atoms with van der Waals surface area (Å²) in [6.45, 7) is 2.32. The maximum Gasteiger partial charge on any atom is 0.337 e. The second kappa shape index (κ2) is 9.23. The van der Waals surface area contributed by atoms with Crippen molar-refractivity contribution in [2.45, 2.75) is 19.4 Å². The number of anilines is 1. The van der Waals surface area contributed by atoms with Gasteiger partial charge in [0.1, 0.15) is 17.5 Å². The van der Waals surface area contributed by atoms with Gasteiger partial charge in [0.2, 0.25) is 0 Å². The number of aryl methyl sites for hydroxylation is 1. The van der Waals surface area contributed by atoms with Crippen molar-refractivity contribution in [1.82, 2.24) is 14.9 Å². The molecule has 2 N–H and O–H groups in total. The second-order valence-corrected chi connectivity index (χ2v) is 7.67. The average molecular weight is 450 g/mol. The molecule has 0 radical (unpaired) electrons. The van der Waals surface area contributed by atoms with Gasteiger partial charge >= 0.3 is 12.0 Å². The summed E-state index contributed by atoms with van der Waals surface area (Å²) in [5.41, 5.74) is 4.20. The Balaban J connectivity index is 1.73. The molecule has 1 aromatic heterocycles. The molecule has 0 bridgehead atoms. The molecule has 4 rings (SSSR count). The van der Waals surface area contributed by atoms with E-state index in [-0.39, 0.29) is 6.03 Å². The number of rotatable bonds is 5. The van der Waals surface area contributed by atoms with Crippen LogP contribution in [-0.2, 0) is 11.2 Å². The van der Waals surface area contributed by atoms with Gasteiger partial charge in [0.25, 0.3) is 0 Å². The molecule has 0 unspecified atom stereocenters. The van der Waals surface area contributed by atoms with Gasteiger partial charge in [-0.2, -0.15) is 0 Å². The van der Waals surface area contributed by atoms with E-state index in [1.54, 1.807) is 43.6 Å². The minimum atomic E-state index is -0.492. The minimum Gasteiger partial charge on any atom is -0.497 e. The molecule has 1 atom stereocenters. The number of esters is 1. The number of imidazole rings is 1. The van der Waals surface area contributed by atoms with Crippen LogP contribution in [-0.4, -0.2) is 54.7 Å². The molecular weight excluding hydrogens is 424 g/mol. The first-order valence-electron chi connectivity index (χ1n) is 10.5. The number of carbonyl (C=O) groups excluding carboxylic acids is 2. The molecule has 0 aliphatic carbocycles. The number of hydrogen-bond donors (Lipinski definition) is 2. The Morgan fingerprint density at radius 2 is 1.94 bits per heavy atom. The Hall–Kier alpha value is -4.01. The van der Waals surface area contributed by atoms with Crippen molar-refractivity contribution in [3.63, 3.8) is 0 Å². The van der Waals surface area contributed by atoms with Gasteiger partial charge < -0.3 is 29.4 Å². The monoisotopic (exact) mass is 450 g/mol. The second-order valence-electron chi connectivity index (χ2n) is 7.67. The number of ether oxygens (including phenoxy) is 3. The van der Waals surface area contributed by atoms with E-state index in [2.05, 4.69) is 15.3 Å². The number of aromatic nitrogens is 2. The van der Waals surface area contributed by atoms with E-state index >= 15 is 0 Å².